The lowest BCUT2D eigenvalue weighted by Crippen LogP contribution is -2.43. The first-order valence-electron chi connectivity index (χ1n) is 7.12. The van der Waals surface area contributed by atoms with E-state index in [1.165, 1.54) is 0 Å². The summed E-state index contributed by atoms with van der Waals surface area (Å²) in [7, 11) is 0. The molecule has 2 rings (SSSR count). The summed E-state index contributed by atoms with van der Waals surface area (Å²) in [5.41, 5.74) is -0.489. The minimum atomic E-state index is -0.476. The van der Waals surface area contributed by atoms with Crippen molar-refractivity contribution in [2.45, 2.75) is 45.3 Å². The highest BCUT2D eigenvalue weighted by Gasteiger charge is 2.27. The van der Waals surface area contributed by atoms with E-state index >= 15 is 0 Å². The molecule has 21 heavy (non-hydrogen) atoms. The molecule has 1 aromatic rings. The monoisotopic (exact) mass is 356 g/mol. The van der Waals surface area contributed by atoms with Gasteiger partial charge in [-0.25, -0.2) is 4.79 Å². The predicted molar refractivity (Wildman–Crippen MR) is 84.5 cm³/mol. The van der Waals surface area contributed by atoms with E-state index in [1.807, 2.05) is 26.8 Å². The van der Waals surface area contributed by atoms with Crippen LogP contribution in [-0.4, -0.2) is 34.3 Å². The molecule has 0 bridgehead atoms. The number of likely N-dealkylation sites (tertiary alicyclic amines) is 1. The molecular weight excluding hydrogens is 336 g/mol. The van der Waals surface area contributed by atoms with Crippen molar-refractivity contribution < 1.29 is 9.53 Å². The Morgan fingerprint density at radius 1 is 1.33 bits per heavy atom. The molecule has 1 aromatic heterocycles. The number of rotatable bonds is 1. The van der Waals surface area contributed by atoms with Crippen LogP contribution in [0.25, 0.3) is 0 Å². The maximum Gasteiger partial charge on any atom is 0.410 e. The van der Waals surface area contributed by atoms with Gasteiger partial charge < -0.3 is 14.2 Å². The average molecular weight is 357 g/mol. The maximum atomic E-state index is 12.0. The molecule has 0 N–H and O–H groups in total. The molecule has 6 heteroatoms. The minimum absolute atomic E-state index is 0.0138. The zero-order chi connectivity index (χ0) is 15.6. The van der Waals surface area contributed by atoms with E-state index in [2.05, 4.69) is 15.9 Å². The number of aromatic nitrogens is 1. The van der Waals surface area contributed by atoms with Crippen LogP contribution >= 0.6 is 15.9 Å². The number of nitrogens with zero attached hydrogens (tertiary/aromatic N) is 2. The molecule has 0 radical (unpaired) electrons. The Kier molecular flexibility index (Phi) is 4.76. The van der Waals surface area contributed by atoms with E-state index in [0.29, 0.717) is 13.1 Å². The van der Waals surface area contributed by atoms with Crippen LogP contribution in [-0.2, 0) is 4.74 Å². The quantitative estimate of drug-likeness (QED) is 0.776. The number of pyridine rings is 1. The van der Waals surface area contributed by atoms with Gasteiger partial charge in [-0.2, -0.15) is 0 Å². The Balaban J connectivity index is 1.97. The Hall–Kier alpha value is -1.30. The molecule has 0 unspecified atom stereocenters. The second-order valence-electron chi connectivity index (χ2n) is 6.29. The number of piperidine rings is 1. The Labute approximate surface area is 133 Å². The van der Waals surface area contributed by atoms with Crippen molar-refractivity contribution in [2.75, 3.05) is 13.1 Å². The van der Waals surface area contributed by atoms with E-state index in [1.54, 1.807) is 21.7 Å². The SMILES string of the molecule is CC(C)(C)OC(=O)N1CCC(n2ccc(Br)cc2=O)CC1. The van der Waals surface area contributed by atoms with Crippen LogP contribution in [0.2, 0.25) is 0 Å². The highest BCUT2D eigenvalue weighted by molar-refractivity contribution is 9.10. The van der Waals surface area contributed by atoms with Gasteiger partial charge in [-0.3, -0.25) is 4.79 Å². The normalized spacial score (nSPS) is 16.9. The molecule has 1 saturated heterocycles. The predicted octanol–water partition coefficient (Wildman–Crippen LogP) is 3.18. The van der Waals surface area contributed by atoms with Crippen molar-refractivity contribution in [1.29, 1.82) is 0 Å². The van der Waals surface area contributed by atoms with Crippen LogP contribution in [0.4, 0.5) is 4.79 Å². The Morgan fingerprint density at radius 2 is 1.95 bits per heavy atom. The highest BCUT2D eigenvalue weighted by Crippen LogP contribution is 2.23. The van der Waals surface area contributed by atoms with E-state index in [0.717, 1.165) is 17.3 Å². The number of hydrogen-bond donors (Lipinski definition) is 0. The average Bonchev–Trinajstić information content (AvgIpc) is 2.37. The fourth-order valence-electron chi connectivity index (χ4n) is 2.42. The molecule has 1 aliphatic rings. The van der Waals surface area contributed by atoms with Crippen LogP contribution in [0.1, 0.15) is 39.7 Å². The van der Waals surface area contributed by atoms with Gasteiger partial charge >= 0.3 is 6.09 Å². The van der Waals surface area contributed by atoms with E-state index < -0.39 is 5.60 Å². The third-order valence-electron chi connectivity index (χ3n) is 3.42. The van der Waals surface area contributed by atoms with Gasteiger partial charge in [0.25, 0.3) is 5.56 Å². The van der Waals surface area contributed by atoms with E-state index in [-0.39, 0.29) is 17.7 Å². The van der Waals surface area contributed by atoms with Gasteiger partial charge in [0.2, 0.25) is 0 Å². The number of ether oxygens (including phenoxy) is 1. The molecular formula is C15H21BrN2O3. The third-order valence-corrected chi connectivity index (χ3v) is 3.91. The highest BCUT2D eigenvalue weighted by atomic mass is 79.9. The summed E-state index contributed by atoms with van der Waals surface area (Å²) < 4.78 is 7.90. The van der Waals surface area contributed by atoms with Crippen LogP contribution in [0.3, 0.4) is 0 Å². The molecule has 1 amide bonds. The van der Waals surface area contributed by atoms with Gasteiger partial charge in [0, 0.05) is 35.9 Å². The van der Waals surface area contributed by atoms with Crippen molar-refractivity contribution in [3.05, 3.63) is 33.2 Å². The summed E-state index contributed by atoms with van der Waals surface area (Å²) in [6.07, 6.45) is 3.06. The summed E-state index contributed by atoms with van der Waals surface area (Å²) in [5, 5.41) is 0. The molecule has 116 valence electrons. The molecule has 1 aliphatic heterocycles. The van der Waals surface area contributed by atoms with Crippen molar-refractivity contribution >= 4 is 22.0 Å². The van der Waals surface area contributed by atoms with Crippen LogP contribution in [0.15, 0.2) is 27.6 Å². The molecule has 2 heterocycles. The van der Waals surface area contributed by atoms with Crippen molar-refractivity contribution in [1.82, 2.24) is 9.47 Å². The Bertz CT molecular complexity index is 569. The van der Waals surface area contributed by atoms with E-state index in [4.69, 9.17) is 4.74 Å². The molecule has 1 fully saturated rings. The van der Waals surface area contributed by atoms with Crippen molar-refractivity contribution in [2.24, 2.45) is 0 Å². The lowest BCUT2D eigenvalue weighted by atomic mass is 10.1. The first-order chi connectivity index (χ1) is 9.76. The second-order valence-corrected chi connectivity index (χ2v) is 7.20. The van der Waals surface area contributed by atoms with Crippen LogP contribution in [0, 0.1) is 0 Å². The first kappa shape index (κ1) is 16.1. The van der Waals surface area contributed by atoms with Crippen LogP contribution < -0.4 is 5.56 Å². The van der Waals surface area contributed by atoms with Gasteiger partial charge in [0.05, 0.1) is 0 Å². The maximum absolute atomic E-state index is 12.0. The van der Waals surface area contributed by atoms with Crippen molar-refractivity contribution in [3.63, 3.8) is 0 Å². The minimum Gasteiger partial charge on any atom is -0.444 e. The number of amides is 1. The largest absolute Gasteiger partial charge is 0.444 e. The number of halogens is 1. The molecule has 0 atom stereocenters. The number of carbonyl (C=O) groups is 1. The van der Waals surface area contributed by atoms with Gasteiger partial charge in [-0.1, -0.05) is 15.9 Å². The zero-order valence-electron chi connectivity index (χ0n) is 12.6. The van der Waals surface area contributed by atoms with Gasteiger partial charge in [-0.15, -0.1) is 0 Å². The lowest BCUT2D eigenvalue weighted by molar-refractivity contribution is 0.0187. The summed E-state index contributed by atoms with van der Waals surface area (Å²) in [5.74, 6) is 0. The fourth-order valence-corrected chi connectivity index (χ4v) is 2.73. The smallest absolute Gasteiger partial charge is 0.410 e. The third kappa shape index (κ3) is 4.33. The lowest BCUT2D eigenvalue weighted by Gasteiger charge is -2.34. The number of hydrogen-bond acceptors (Lipinski definition) is 3. The van der Waals surface area contributed by atoms with Crippen molar-refractivity contribution in [3.8, 4) is 0 Å². The zero-order valence-corrected chi connectivity index (χ0v) is 14.2. The summed E-state index contributed by atoms with van der Waals surface area (Å²) in [4.78, 5) is 25.7. The van der Waals surface area contributed by atoms with Gasteiger partial charge in [-0.05, 0) is 39.7 Å². The number of carbonyl (C=O) groups excluding carboxylic acids is 1. The van der Waals surface area contributed by atoms with Gasteiger partial charge in [0.1, 0.15) is 5.60 Å². The Morgan fingerprint density at radius 3 is 2.48 bits per heavy atom. The standard InChI is InChI=1S/C15H21BrN2O3/c1-15(2,3)21-14(20)17-7-5-12(6-8-17)18-9-4-11(16)10-13(18)19/h4,9-10,12H,5-8H2,1-3H3. The first-order valence-corrected chi connectivity index (χ1v) is 7.91. The van der Waals surface area contributed by atoms with Gasteiger partial charge in [0.15, 0.2) is 0 Å². The molecule has 0 saturated carbocycles. The molecule has 5 nitrogen and oxygen atoms in total. The molecule has 0 spiro atoms. The fraction of sp³-hybridized carbons (Fsp3) is 0.600. The van der Waals surface area contributed by atoms with Crippen LogP contribution in [0.5, 0.6) is 0 Å². The topological polar surface area (TPSA) is 51.5 Å². The van der Waals surface area contributed by atoms with E-state index in [9.17, 15) is 9.59 Å². The summed E-state index contributed by atoms with van der Waals surface area (Å²) in [6, 6.07) is 3.58. The molecule has 0 aromatic carbocycles. The molecule has 0 aliphatic carbocycles. The summed E-state index contributed by atoms with van der Waals surface area (Å²) >= 11 is 3.29. The second kappa shape index (κ2) is 6.22. The summed E-state index contributed by atoms with van der Waals surface area (Å²) in [6.45, 7) is 6.81.